The molecule has 0 amide bonds. The summed E-state index contributed by atoms with van der Waals surface area (Å²) in [7, 11) is 0. The van der Waals surface area contributed by atoms with Gasteiger partial charge in [0.1, 0.15) is 6.54 Å². The van der Waals surface area contributed by atoms with Crippen molar-refractivity contribution < 1.29 is 41.0 Å². The predicted octanol–water partition coefficient (Wildman–Crippen LogP) is 4.52. The van der Waals surface area contributed by atoms with E-state index in [0.717, 1.165) is 5.56 Å². The first-order valence-electron chi connectivity index (χ1n) is 12.1. The summed E-state index contributed by atoms with van der Waals surface area (Å²) < 4.78 is 87.4. The van der Waals surface area contributed by atoms with Crippen LogP contribution in [-0.4, -0.2) is 43.4 Å². The molecule has 0 radical (unpaired) electrons. The lowest BCUT2D eigenvalue weighted by Gasteiger charge is -2.42. The van der Waals surface area contributed by atoms with Crippen LogP contribution in [0.5, 0.6) is 0 Å². The molecule has 4 unspecified atom stereocenters. The number of carboxylic acid groups (broad SMARTS) is 1. The molecule has 39 heavy (non-hydrogen) atoms. The molecule has 3 heterocycles. The number of alkyl halides is 6. The van der Waals surface area contributed by atoms with E-state index < -0.39 is 54.2 Å². The second-order valence-corrected chi connectivity index (χ2v) is 9.78. The topological polar surface area (TPSA) is 102 Å². The number of hydrogen-bond acceptors (Lipinski definition) is 6. The molecule has 2 saturated heterocycles. The van der Waals surface area contributed by atoms with Gasteiger partial charge in [0.05, 0.1) is 29.4 Å². The Bertz CT molecular complexity index is 1310. The first-order valence-corrected chi connectivity index (χ1v) is 12.1. The predicted molar refractivity (Wildman–Crippen MR) is 122 cm³/mol. The van der Waals surface area contributed by atoms with Gasteiger partial charge in [0.15, 0.2) is 5.82 Å². The number of aromatic nitrogens is 4. The van der Waals surface area contributed by atoms with Gasteiger partial charge in [0.25, 0.3) is 0 Å². The maximum absolute atomic E-state index is 13.4. The first kappa shape index (κ1) is 27.1. The van der Waals surface area contributed by atoms with Crippen LogP contribution in [0, 0.1) is 0 Å². The molecule has 208 valence electrons. The molecule has 0 spiro atoms. The van der Waals surface area contributed by atoms with Gasteiger partial charge in [-0.25, -0.2) is 4.68 Å². The maximum atomic E-state index is 13.4. The van der Waals surface area contributed by atoms with Crippen molar-refractivity contribution in [2.45, 2.75) is 68.4 Å². The van der Waals surface area contributed by atoms with Crippen molar-refractivity contribution in [3.63, 3.8) is 0 Å². The fraction of sp³-hybridized carbons (Fsp3) is 0.440. The second kappa shape index (κ2) is 9.90. The summed E-state index contributed by atoms with van der Waals surface area (Å²) in [6, 6.07) is 10.4. The van der Waals surface area contributed by atoms with Crippen LogP contribution >= 0.6 is 0 Å². The van der Waals surface area contributed by atoms with Gasteiger partial charge in [-0.05, 0) is 59.0 Å². The molecule has 3 aromatic rings. The van der Waals surface area contributed by atoms with Crippen molar-refractivity contribution in [2.75, 3.05) is 0 Å². The fourth-order valence-electron chi connectivity index (χ4n) is 5.69. The SMILES string of the molecule is O=C(O)Cn1nnnc1C1CC2(c3ccccc3)NC1CCC2OCc1cc(C(F)(F)F)cc(C(F)(F)F)c1. The summed E-state index contributed by atoms with van der Waals surface area (Å²) in [5.41, 5.74) is -3.09. The summed E-state index contributed by atoms with van der Waals surface area (Å²) in [4.78, 5) is 11.3. The number of ether oxygens (including phenoxy) is 1. The van der Waals surface area contributed by atoms with E-state index in [1.165, 1.54) is 4.68 Å². The molecule has 1 aromatic heterocycles. The van der Waals surface area contributed by atoms with E-state index in [1.807, 2.05) is 30.3 Å². The zero-order valence-electron chi connectivity index (χ0n) is 20.2. The number of benzene rings is 2. The highest BCUT2D eigenvalue weighted by atomic mass is 19.4. The van der Waals surface area contributed by atoms with Gasteiger partial charge in [0.2, 0.25) is 0 Å². The van der Waals surface area contributed by atoms with E-state index in [0.29, 0.717) is 37.2 Å². The summed E-state index contributed by atoms with van der Waals surface area (Å²) in [6.45, 7) is -0.902. The summed E-state index contributed by atoms with van der Waals surface area (Å²) in [6.07, 6.45) is -9.16. The first-order chi connectivity index (χ1) is 18.4. The lowest BCUT2D eigenvalue weighted by Crippen LogP contribution is -2.54. The number of carboxylic acids is 1. The smallest absolute Gasteiger partial charge is 0.416 e. The summed E-state index contributed by atoms with van der Waals surface area (Å²) in [5, 5.41) is 24.3. The van der Waals surface area contributed by atoms with Crippen LogP contribution in [0.25, 0.3) is 0 Å². The Morgan fingerprint density at radius 2 is 1.72 bits per heavy atom. The van der Waals surface area contributed by atoms with Crippen molar-refractivity contribution in [2.24, 2.45) is 0 Å². The highest BCUT2D eigenvalue weighted by Crippen LogP contribution is 2.50. The van der Waals surface area contributed by atoms with Gasteiger partial charge in [-0.15, -0.1) is 5.10 Å². The van der Waals surface area contributed by atoms with Crippen LogP contribution < -0.4 is 5.32 Å². The third kappa shape index (κ3) is 5.35. The molecular formula is C25H23F6N5O3. The number of nitrogens with zero attached hydrogens (tertiary/aromatic N) is 4. The van der Waals surface area contributed by atoms with Gasteiger partial charge < -0.3 is 15.2 Å². The normalized spacial score (nSPS) is 25.1. The van der Waals surface area contributed by atoms with Crippen LogP contribution in [0.4, 0.5) is 26.3 Å². The minimum atomic E-state index is -4.96. The van der Waals surface area contributed by atoms with E-state index in [1.54, 1.807) is 0 Å². The number of carbonyl (C=O) groups is 1. The van der Waals surface area contributed by atoms with Crippen molar-refractivity contribution in [3.8, 4) is 0 Å². The Balaban J connectivity index is 1.46. The van der Waals surface area contributed by atoms with Gasteiger partial charge in [-0.2, -0.15) is 26.3 Å². The lowest BCUT2D eigenvalue weighted by atomic mass is 9.80. The summed E-state index contributed by atoms with van der Waals surface area (Å²) in [5.74, 6) is -1.05. The van der Waals surface area contributed by atoms with Gasteiger partial charge in [-0.1, -0.05) is 30.3 Å². The van der Waals surface area contributed by atoms with E-state index in [4.69, 9.17) is 4.74 Å². The number of fused-ring (bicyclic) bond motifs is 2. The van der Waals surface area contributed by atoms with Crippen molar-refractivity contribution in [3.05, 3.63) is 76.6 Å². The van der Waals surface area contributed by atoms with E-state index >= 15 is 0 Å². The van der Waals surface area contributed by atoms with Crippen molar-refractivity contribution in [1.29, 1.82) is 0 Å². The minimum Gasteiger partial charge on any atom is -0.480 e. The maximum Gasteiger partial charge on any atom is 0.416 e. The van der Waals surface area contributed by atoms with E-state index in [-0.39, 0.29) is 23.6 Å². The Hall–Kier alpha value is -3.52. The molecule has 4 atom stereocenters. The Morgan fingerprint density at radius 1 is 1.05 bits per heavy atom. The standard InChI is InChI=1S/C25H23F6N5O3/c26-24(27,28)16-8-14(9-17(10-16)25(29,30)31)13-39-20-7-6-19-18(22-33-34-35-36(22)12-21(37)38)11-23(20,32-19)15-4-2-1-3-5-15/h1-5,8-10,18-20,32H,6-7,11-13H2,(H,37,38). The second-order valence-electron chi connectivity index (χ2n) is 9.78. The molecule has 8 nitrogen and oxygen atoms in total. The zero-order valence-corrected chi connectivity index (χ0v) is 20.2. The number of tetrazole rings is 1. The van der Waals surface area contributed by atoms with Crippen LogP contribution in [0.1, 0.15) is 53.3 Å². The number of halogens is 6. The number of piperidine rings is 1. The van der Waals surface area contributed by atoms with Crippen LogP contribution in [0.15, 0.2) is 48.5 Å². The minimum absolute atomic E-state index is 0.0879. The van der Waals surface area contributed by atoms with Crippen molar-refractivity contribution >= 4 is 5.97 Å². The molecule has 2 aliphatic heterocycles. The lowest BCUT2D eigenvalue weighted by molar-refractivity contribution is -0.143. The number of nitrogens with one attached hydrogen (secondary N) is 1. The molecule has 0 saturated carbocycles. The fourth-order valence-corrected chi connectivity index (χ4v) is 5.69. The average molecular weight is 555 g/mol. The third-order valence-corrected chi connectivity index (χ3v) is 7.32. The zero-order chi connectivity index (χ0) is 28.0. The number of hydrogen-bond donors (Lipinski definition) is 2. The molecule has 2 N–H and O–H groups in total. The summed E-state index contributed by atoms with van der Waals surface area (Å²) >= 11 is 0. The van der Waals surface area contributed by atoms with E-state index in [9.17, 15) is 36.2 Å². The molecule has 2 aliphatic rings. The Kier molecular flexibility index (Phi) is 6.87. The average Bonchev–Trinajstić information content (AvgIpc) is 3.45. The molecule has 2 fully saturated rings. The van der Waals surface area contributed by atoms with Crippen LogP contribution in [0.2, 0.25) is 0 Å². The number of aliphatic carboxylic acids is 1. The van der Waals surface area contributed by atoms with Gasteiger partial charge in [-0.3, -0.25) is 4.79 Å². The highest BCUT2D eigenvalue weighted by molar-refractivity contribution is 5.66. The van der Waals surface area contributed by atoms with Crippen LogP contribution in [0.3, 0.4) is 0 Å². The monoisotopic (exact) mass is 555 g/mol. The van der Waals surface area contributed by atoms with Crippen molar-refractivity contribution in [1.82, 2.24) is 25.5 Å². The highest BCUT2D eigenvalue weighted by Gasteiger charge is 2.56. The molecule has 5 rings (SSSR count). The molecule has 14 heteroatoms. The molecule has 0 aliphatic carbocycles. The molecule has 2 bridgehead atoms. The largest absolute Gasteiger partial charge is 0.480 e. The quantitative estimate of drug-likeness (QED) is 0.414. The Morgan fingerprint density at radius 3 is 2.33 bits per heavy atom. The van der Waals surface area contributed by atoms with Crippen LogP contribution in [-0.2, 0) is 40.6 Å². The molecular weight excluding hydrogens is 532 g/mol. The number of rotatable bonds is 7. The van der Waals surface area contributed by atoms with Gasteiger partial charge >= 0.3 is 18.3 Å². The van der Waals surface area contributed by atoms with Gasteiger partial charge in [0, 0.05) is 12.0 Å². The third-order valence-electron chi connectivity index (χ3n) is 7.32. The molecule has 2 aromatic carbocycles. The Labute approximate surface area is 218 Å². The van der Waals surface area contributed by atoms with E-state index in [2.05, 4.69) is 20.8 Å².